The molecule has 0 aliphatic carbocycles. The molecule has 7 nitrogen and oxygen atoms in total. The molecule has 8 heteroatoms. The fourth-order valence-electron chi connectivity index (χ4n) is 3.37. The van der Waals surface area contributed by atoms with Crippen molar-refractivity contribution in [3.63, 3.8) is 0 Å². The number of amides is 1. The van der Waals surface area contributed by atoms with Gasteiger partial charge in [-0.15, -0.1) is 11.3 Å². The Bertz CT molecular complexity index is 1390. The Balaban J connectivity index is 1.45. The number of para-hydroxylation sites is 1. The van der Waals surface area contributed by atoms with Crippen molar-refractivity contribution in [2.45, 2.75) is 6.92 Å². The Morgan fingerprint density at radius 1 is 1.10 bits per heavy atom. The number of fused-ring (bicyclic) bond motifs is 1. The molecule has 0 aliphatic rings. The predicted octanol–water partition coefficient (Wildman–Crippen LogP) is 4.37. The summed E-state index contributed by atoms with van der Waals surface area (Å²) in [5.74, 6) is -0.143. The normalized spacial score (nSPS) is 11.0. The highest BCUT2D eigenvalue weighted by Crippen LogP contribution is 2.36. The molecule has 0 aliphatic heterocycles. The van der Waals surface area contributed by atoms with Crippen LogP contribution in [0.5, 0.6) is 0 Å². The number of hydrogen-bond donors (Lipinski definition) is 2. The van der Waals surface area contributed by atoms with E-state index < -0.39 is 0 Å². The van der Waals surface area contributed by atoms with Crippen molar-refractivity contribution >= 4 is 39.0 Å². The van der Waals surface area contributed by atoms with Crippen molar-refractivity contribution in [3.05, 3.63) is 83.4 Å². The van der Waals surface area contributed by atoms with E-state index in [4.69, 9.17) is 15.2 Å². The number of aryl methyl sites for hydroxylation is 1. The van der Waals surface area contributed by atoms with Gasteiger partial charge in [0, 0.05) is 23.1 Å². The maximum atomic E-state index is 12.9. The number of pyridine rings is 1. The number of carbonyl (C=O) groups excluding carboxylic acids is 1. The highest BCUT2D eigenvalue weighted by Gasteiger charge is 2.22. The minimum Gasteiger partial charge on any atom is -0.397 e. The highest BCUT2D eigenvalue weighted by molar-refractivity contribution is 7.21. The Hall–Kier alpha value is -4.04. The first-order valence-corrected chi connectivity index (χ1v) is 10.4. The molecular formula is C23H18N5O2S+. The van der Waals surface area contributed by atoms with Crippen LogP contribution in [-0.4, -0.2) is 16.2 Å². The molecule has 2 aromatic carbocycles. The summed E-state index contributed by atoms with van der Waals surface area (Å²) in [4.78, 5) is 18.8. The molecular weight excluding hydrogens is 410 g/mol. The Morgan fingerprint density at radius 2 is 1.81 bits per heavy atom. The first-order valence-electron chi connectivity index (χ1n) is 9.60. The monoisotopic (exact) mass is 428 g/mol. The highest BCUT2D eigenvalue weighted by atomic mass is 32.1. The summed E-state index contributed by atoms with van der Waals surface area (Å²) >= 11 is 1.25. The lowest BCUT2D eigenvalue weighted by atomic mass is 10.1. The van der Waals surface area contributed by atoms with Crippen LogP contribution in [0.3, 0.4) is 0 Å². The molecule has 1 amide bonds. The Morgan fingerprint density at radius 3 is 2.55 bits per heavy atom. The van der Waals surface area contributed by atoms with Crippen molar-refractivity contribution in [1.29, 1.82) is 0 Å². The second-order valence-corrected chi connectivity index (χ2v) is 8.02. The summed E-state index contributed by atoms with van der Waals surface area (Å²) in [7, 11) is 0. The Labute approximate surface area is 181 Å². The van der Waals surface area contributed by atoms with E-state index in [1.54, 1.807) is 10.9 Å². The largest absolute Gasteiger partial charge is 0.397 e. The number of nitrogens with zero attached hydrogens (tertiary/aromatic N) is 3. The standard InChI is InChI=1S/C23H17N5O2S/c1-14-12-17-19(24)21(31-23(17)26-20(14)15-8-4-2-5-9-15)22(29)25-18-13-28(27-30-18)16-10-6-3-7-11-16/h2-13H,1H3,(H2-,24,25,27,29)/p+1. The summed E-state index contributed by atoms with van der Waals surface area (Å²) < 4.78 is 6.79. The second kappa shape index (κ2) is 7.66. The van der Waals surface area contributed by atoms with E-state index in [1.807, 2.05) is 73.7 Å². The summed E-state index contributed by atoms with van der Waals surface area (Å²) in [5.41, 5.74) is 10.4. The summed E-state index contributed by atoms with van der Waals surface area (Å²) in [6.07, 6.45) is 1.60. The van der Waals surface area contributed by atoms with Gasteiger partial charge in [-0.2, -0.15) is 0 Å². The minimum atomic E-state index is -0.365. The number of aromatic nitrogens is 3. The van der Waals surface area contributed by atoms with Gasteiger partial charge in [-0.25, -0.2) is 4.98 Å². The molecule has 5 aromatic rings. The van der Waals surface area contributed by atoms with E-state index in [2.05, 4.69) is 10.6 Å². The van der Waals surface area contributed by atoms with Crippen molar-refractivity contribution < 1.29 is 14.0 Å². The van der Waals surface area contributed by atoms with Gasteiger partial charge in [-0.1, -0.05) is 48.5 Å². The van der Waals surface area contributed by atoms with E-state index in [-0.39, 0.29) is 11.8 Å². The quantitative estimate of drug-likeness (QED) is 0.414. The number of anilines is 2. The van der Waals surface area contributed by atoms with Crippen molar-refractivity contribution in [2.75, 3.05) is 11.1 Å². The zero-order chi connectivity index (χ0) is 21.4. The maximum Gasteiger partial charge on any atom is 0.303 e. The summed E-state index contributed by atoms with van der Waals surface area (Å²) in [5, 5.41) is 7.43. The average molecular weight is 428 g/mol. The number of benzene rings is 2. The average Bonchev–Trinajstić information content (AvgIpc) is 3.39. The third kappa shape index (κ3) is 3.53. The Kier molecular flexibility index (Phi) is 4.68. The fraction of sp³-hybridized carbons (Fsp3) is 0.0435. The molecule has 3 heterocycles. The maximum absolute atomic E-state index is 12.9. The van der Waals surface area contributed by atoms with Crippen LogP contribution in [0.2, 0.25) is 0 Å². The van der Waals surface area contributed by atoms with Crippen molar-refractivity contribution in [3.8, 4) is 16.9 Å². The van der Waals surface area contributed by atoms with E-state index in [9.17, 15) is 4.79 Å². The summed E-state index contributed by atoms with van der Waals surface area (Å²) in [6.45, 7) is 1.99. The third-order valence-corrected chi connectivity index (χ3v) is 6.00. The molecule has 0 spiro atoms. The number of carbonyl (C=O) groups is 1. The van der Waals surface area contributed by atoms with Gasteiger partial charge in [0.1, 0.15) is 9.71 Å². The SMILES string of the molecule is Cc1cc2c(N)c(C(=O)Nc3c[n+](-c4ccccc4)no3)sc2nc1-c1ccccc1. The molecule has 0 atom stereocenters. The number of hydrogen-bond acceptors (Lipinski definition) is 6. The molecule has 3 N–H and O–H groups in total. The summed E-state index contributed by atoms with van der Waals surface area (Å²) in [6, 6.07) is 21.4. The van der Waals surface area contributed by atoms with Crippen LogP contribution in [0.15, 0.2) is 77.4 Å². The van der Waals surface area contributed by atoms with Crippen molar-refractivity contribution in [1.82, 2.24) is 10.3 Å². The lowest BCUT2D eigenvalue weighted by Crippen LogP contribution is -2.31. The lowest BCUT2D eigenvalue weighted by Gasteiger charge is -2.05. The van der Waals surface area contributed by atoms with Crippen LogP contribution in [0, 0.1) is 6.92 Å². The van der Waals surface area contributed by atoms with Gasteiger partial charge < -0.3 is 5.73 Å². The van der Waals surface area contributed by atoms with E-state index in [1.165, 1.54) is 11.3 Å². The number of rotatable bonds is 4. The van der Waals surface area contributed by atoms with Crippen LogP contribution in [0.1, 0.15) is 15.2 Å². The van der Waals surface area contributed by atoms with Gasteiger partial charge in [-0.3, -0.25) is 14.6 Å². The molecule has 0 radical (unpaired) electrons. The van der Waals surface area contributed by atoms with Crippen LogP contribution in [0.25, 0.3) is 27.2 Å². The van der Waals surface area contributed by atoms with Crippen LogP contribution >= 0.6 is 11.3 Å². The molecule has 0 fully saturated rings. The van der Waals surface area contributed by atoms with Crippen LogP contribution in [0.4, 0.5) is 11.6 Å². The molecule has 5 rings (SSSR count). The zero-order valence-electron chi connectivity index (χ0n) is 16.6. The van der Waals surface area contributed by atoms with E-state index in [0.29, 0.717) is 15.4 Å². The smallest absolute Gasteiger partial charge is 0.303 e. The topological polar surface area (TPSA) is 97.9 Å². The molecule has 152 valence electrons. The number of thiophene rings is 1. The fourth-order valence-corrected chi connectivity index (χ4v) is 4.34. The molecule has 31 heavy (non-hydrogen) atoms. The third-order valence-electron chi connectivity index (χ3n) is 4.89. The number of nitrogens with one attached hydrogen (secondary N) is 1. The minimum absolute atomic E-state index is 0.222. The number of nitrogens with two attached hydrogens (primary N) is 1. The van der Waals surface area contributed by atoms with Crippen LogP contribution < -0.4 is 15.7 Å². The van der Waals surface area contributed by atoms with Crippen LogP contribution in [-0.2, 0) is 0 Å². The van der Waals surface area contributed by atoms with Gasteiger partial charge >= 0.3 is 5.88 Å². The molecule has 0 saturated heterocycles. The zero-order valence-corrected chi connectivity index (χ0v) is 17.4. The lowest BCUT2D eigenvalue weighted by molar-refractivity contribution is -0.670. The van der Waals surface area contributed by atoms with Gasteiger partial charge in [-0.05, 0) is 23.2 Å². The van der Waals surface area contributed by atoms with Gasteiger partial charge in [0.2, 0.25) is 11.0 Å². The van der Waals surface area contributed by atoms with Gasteiger partial charge in [0.15, 0.2) is 0 Å². The second-order valence-electron chi connectivity index (χ2n) is 7.02. The first-order chi connectivity index (χ1) is 15.1. The first kappa shape index (κ1) is 19.0. The predicted molar refractivity (Wildman–Crippen MR) is 120 cm³/mol. The number of nitrogen functional groups attached to an aromatic ring is 1. The van der Waals surface area contributed by atoms with Gasteiger partial charge in [0.05, 0.1) is 11.4 Å². The molecule has 0 saturated carbocycles. The van der Waals surface area contributed by atoms with Gasteiger partial charge in [0.25, 0.3) is 12.1 Å². The molecule has 3 aromatic heterocycles. The van der Waals surface area contributed by atoms with Crippen molar-refractivity contribution in [2.24, 2.45) is 0 Å². The van der Waals surface area contributed by atoms with E-state index in [0.717, 1.165) is 27.9 Å². The molecule has 0 bridgehead atoms. The van der Waals surface area contributed by atoms with E-state index >= 15 is 0 Å². The molecule has 0 unspecified atom stereocenters.